The van der Waals surface area contributed by atoms with Crippen molar-refractivity contribution in [2.75, 3.05) is 38.5 Å². The first-order chi connectivity index (χ1) is 13.0. The molecule has 0 bridgehead atoms. The maximum Gasteiger partial charge on any atom is 0.213 e. The molecule has 2 rings (SSSR count). The van der Waals surface area contributed by atoms with E-state index in [4.69, 9.17) is 4.74 Å². The molecule has 1 aromatic rings. The number of hydrogen-bond acceptors (Lipinski definition) is 4. The molecular weight excluding hydrogens is 364 g/mol. The summed E-state index contributed by atoms with van der Waals surface area (Å²) in [6.45, 7) is 7.34. The molecule has 1 saturated heterocycles. The van der Waals surface area contributed by atoms with Crippen LogP contribution in [0.2, 0.25) is 0 Å². The summed E-state index contributed by atoms with van der Waals surface area (Å²) < 4.78 is 31.1. The summed E-state index contributed by atoms with van der Waals surface area (Å²) in [7, 11) is -3.08. The number of ether oxygens (including phenoxy) is 1. The SMILES string of the molecule is CCNC(=NCCOCc1ccccc1)NC1CCN(S(=O)(=O)CC)CC1. The Morgan fingerprint density at radius 3 is 2.56 bits per heavy atom. The van der Waals surface area contributed by atoms with E-state index in [1.165, 1.54) is 0 Å². The molecule has 0 amide bonds. The molecule has 0 atom stereocenters. The molecule has 0 spiro atoms. The van der Waals surface area contributed by atoms with E-state index in [1.54, 1.807) is 11.2 Å². The standard InChI is InChI=1S/C19H32N4O3S/c1-3-20-19(21-12-15-26-16-17-8-6-5-7-9-17)22-18-10-13-23(14-11-18)27(24,25)4-2/h5-9,18H,3-4,10-16H2,1-2H3,(H2,20,21,22). The second-order valence-electron chi connectivity index (χ2n) is 6.52. The molecule has 0 unspecified atom stereocenters. The average Bonchev–Trinajstić information content (AvgIpc) is 2.69. The zero-order valence-corrected chi connectivity index (χ0v) is 17.2. The highest BCUT2D eigenvalue weighted by molar-refractivity contribution is 7.89. The Balaban J connectivity index is 1.73. The third-order valence-electron chi connectivity index (χ3n) is 4.51. The Morgan fingerprint density at radius 2 is 1.93 bits per heavy atom. The first-order valence-electron chi connectivity index (χ1n) is 9.69. The van der Waals surface area contributed by atoms with Crippen LogP contribution in [0.25, 0.3) is 0 Å². The van der Waals surface area contributed by atoms with Gasteiger partial charge in [0, 0.05) is 25.7 Å². The maximum absolute atomic E-state index is 11.9. The van der Waals surface area contributed by atoms with Crippen LogP contribution in [0.1, 0.15) is 32.3 Å². The van der Waals surface area contributed by atoms with Gasteiger partial charge < -0.3 is 15.4 Å². The second-order valence-corrected chi connectivity index (χ2v) is 8.77. The Hall–Kier alpha value is -1.64. The summed E-state index contributed by atoms with van der Waals surface area (Å²) in [5.74, 6) is 0.927. The van der Waals surface area contributed by atoms with Gasteiger partial charge in [-0.15, -0.1) is 0 Å². The zero-order valence-electron chi connectivity index (χ0n) is 16.4. The van der Waals surface area contributed by atoms with Crippen molar-refractivity contribution >= 4 is 16.0 Å². The van der Waals surface area contributed by atoms with Crippen LogP contribution in [0, 0.1) is 0 Å². The summed E-state index contributed by atoms with van der Waals surface area (Å²) >= 11 is 0. The molecule has 0 aromatic heterocycles. The van der Waals surface area contributed by atoms with Crippen LogP contribution < -0.4 is 10.6 Å². The molecule has 0 aliphatic carbocycles. The molecule has 0 radical (unpaired) electrons. The molecule has 7 nitrogen and oxygen atoms in total. The van der Waals surface area contributed by atoms with Crippen LogP contribution in [-0.4, -0.2) is 63.3 Å². The molecule has 1 aromatic carbocycles. The van der Waals surface area contributed by atoms with E-state index < -0.39 is 10.0 Å². The van der Waals surface area contributed by atoms with Crippen LogP contribution in [0.5, 0.6) is 0 Å². The Kier molecular flexibility index (Phi) is 9.03. The number of nitrogens with zero attached hydrogens (tertiary/aromatic N) is 2. The lowest BCUT2D eigenvalue weighted by molar-refractivity contribution is 0.128. The van der Waals surface area contributed by atoms with E-state index in [-0.39, 0.29) is 11.8 Å². The molecule has 2 N–H and O–H groups in total. The third kappa shape index (κ3) is 7.48. The number of guanidine groups is 1. The van der Waals surface area contributed by atoms with Crippen molar-refractivity contribution in [3.05, 3.63) is 35.9 Å². The molecule has 1 fully saturated rings. The van der Waals surface area contributed by atoms with Crippen LogP contribution in [0.3, 0.4) is 0 Å². The molecule has 1 aliphatic heterocycles. The number of hydrogen-bond donors (Lipinski definition) is 2. The molecule has 1 aliphatic rings. The fraction of sp³-hybridized carbons (Fsp3) is 0.632. The van der Waals surface area contributed by atoms with E-state index >= 15 is 0 Å². The maximum atomic E-state index is 11.9. The van der Waals surface area contributed by atoms with Crippen LogP contribution >= 0.6 is 0 Å². The molecule has 0 saturated carbocycles. The third-order valence-corrected chi connectivity index (χ3v) is 6.40. The van der Waals surface area contributed by atoms with E-state index in [9.17, 15) is 8.42 Å². The largest absolute Gasteiger partial charge is 0.375 e. The van der Waals surface area contributed by atoms with Gasteiger partial charge in [-0.3, -0.25) is 4.99 Å². The normalized spacial score (nSPS) is 17.0. The van der Waals surface area contributed by atoms with Gasteiger partial charge >= 0.3 is 0 Å². The minimum absolute atomic E-state index is 0.165. The lowest BCUT2D eigenvalue weighted by Gasteiger charge is -2.32. The zero-order chi connectivity index (χ0) is 19.5. The number of sulfonamides is 1. The van der Waals surface area contributed by atoms with Crippen LogP contribution in [0.4, 0.5) is 0 Å². The van der Waals surface area contributed by atoms with Crippen molar-refractivity contribution in [1.29, 1.82) is 0 Å². The minimum atomic E-state index is -3.08. The first-order valence-corrected chi connectivity index (χ1v) is 11.3. The number of rotatable bonds is 9. The van der Waals surface area contributed by atoms with Gasteiger partial charge in [0.05, 0.1) is 25.5 Å². The van der Waals surface area contributed by atoms with Crippen molar-refractivity contribution in [2.45, 2.75) is 39.3 Å². The molecule has 1 heterocycles. The summed E-state index contributed by atoms with van der Waals surface area (Å²) in [6.07, 6.45) is 1.57. The minimum Gasteiger partial charge on any atom is -0.375 e. The van der Waals surface area contributed by atoms with E-state index in [0.29, 0.717) is 32.8 Å². The van der Waals surface area contributed by atoms with Crippen molar-refractivity contribution < 1.29 is 13.2 Å². The Morgan fingerprint density at radius 1 is 1.22 bits per heavy atom. The number of nitrogens with one attached hydrogen (secondary N) is 2. The van der Waals surface area contributed by atoms with Gasteiger partial charge in [0.2, 0.25) is 10.0 Å². The highest BCUT2D eigenvalue weighted by Crippen LogP contribution is 2.14. The lowest BCUT2D eigenvalue weighted by atomic mass is 10.1. The monoisotopic (exact) mass is 396 g/mol. The molecular formula is C19H32N4O3S. The molecule has 27 heavy (non-hydrogen) atoms. The van der Waals surface area contributed by atoms with Gasteiger partial charge in [-0.05, 0) is 32.3 Å². The van der Waals surface area contributed by atoms with Gasteiger partial charge in [0.1, 0.15) is 0 Å². The highest BCUT2D eigenvalue weighted by Gasteiger charge is 2.26. The second kappa shape index (κ2) is 11.3. The fourth-order valence-corrected chi connectivity index (χ4v) is 4.09. The predicted octanol–water partition coefficient (Wildman–Crippen LogP) is 1.57. The number of benzene rings is 1. The summed E-state index contributed by atoms with van der Waals surface area (Å²) in [4.78, 5) is 4.56. The quantitative estimate of drug-likeness (QED) is 0.376. The molecule has 152 valence electrons. The van der Waals surface area contributed by atoms with Gasteiger partial charge in [-0.2, -0.15) is 0 Å². The fourth-order valence-electron chi connectivity index (χ4n) is 2.96. The topological polar surface area (TPSA) is 83.0 Å². The molecule has 8 heteroatoms. The van der Waals surface area contributed by atoms with Crippen LogP contribution in [0.15, 0.2) is 35.3 Å². The predicted molar refractivity (Wildman–Crippen MR) is 109 cm³/mol. The summed E-state index contributed by atoms with van der Waals surface area (Å²) in [6, 6.07) is 10.3. The van der Waals surface area contributed by atoms with Crippen LogP contribution in [-0.2, 0) is 21.4 Å². The van der Waals surface area contributed by atoms with Crippen molar-refractivity contribution in [3.63, 3.8) is 0 Å². The van der Waals surface area contributed by atoms with Crippen molar-refractivity contribution in [1.82, 2.24) is 14.9 Å². The van der Waals surface area contributed by atoms with Crippen molar-refractivity contribution in [2.24, 2.45) is 4.99 Å². The van der Waals surface area contributed by atoms with Gasteiger partial charge in [-0.25, -0.2) is 12.7 Å². The van der Waals surface area contributed by atoms with Gasteiger partial charge in [0.25, 0.3) is 0 Å². The van der Waals surface area contributed by atoms with Gasteiger partial charge in [-0.1, -0.05) is 30.3 Å². The van der Waals surface area contributed by atoms with Gasteiger partial charge in [0.15, 0.2) is 5.96 Å². The van der Waals surface area contributed by atoms with E-state index in [0.717, 1.165) is 30.9 Å². The highest BCUT2D eigenvalue weighted by atomic mass is 32.2. The lowest BCUT2D eigenvalue weighted by Crippen LogP contribution is -2.50. The first kappa shape index (κ1) is 21.7. The Labute approximate surface area is 163 Å². The number of aliphatic imine (C=N–C) groups is 1. The van der Waals surface area contributed by atoms with E-state index in [2.05, 4.69) is 15.6 Å². The van der Waals surface area contributed by atoms with Crippen molar-refractivity contribution in [3.8, 4) is 0 Å². The average molecular weight is 397 g/mol. The smallest absolute Gasteiger partial charge is 0.213 e. The van der Waals surface area contributed by atoms with E-state index in [1.807, 2.05) is 37.3 Å². The number of piperidine rings is 1. The summed E-state index contributed by atoms with van der Waals surface area (Å²) in [5.41, 5.74) is 1.15. The Bertz CT molecular complexity index is 671. The summed E-state index contributed by atoms with van der Waals surface area (Å²) in [5, 5.41) is 6.66.